The number of anilines is 1. The summed E-state index contributed by atoms with van der Waals surface area (Å²) in [6.07, 6.45) is 1.35. The van der Waals surface area contributed by atoms with E-state index in [-0.39, 0.29) is 23.3 Å². The lowest BCUT2D eigenvalue weighted by Gasteiger charge is -2.31. The Kier molecular flexibility index (Phi) is 6.37. The first-order valence-corrected chi connectivity index (χ1v) is 11.5. The maximum Gasteiger partial charge on any atom is 0.243 e. The highest BCUT2D eigenvalue weighted by atomic mass is 127. The molecule has 8 heteroatoms. The second-order valence-corrected chi connectivity index (χ2v) is 10.3. The molecule has 3 rings (SSSR count). The van der Waals surface area contributed by atoms with Crippen LogP contribution in [0.25, 0.3) is 0 Å². The third kappa shape index (κ3) is 4.65. The number of benzene rings is 2. The van der Waals surface area contributed by atoms with Crippen molar-refractivity contribution < 1.29 is 13.2 Å². The Hall–Kier alpha value is -0.970. The summed E-state index contributed by atoms with van der Waals surface area (Å²) in [6.45, 7) is 0.639. The fourth-order valence-corrected chi connectivity index (χ4v) is 5.06. The summed E-state index contributed by atoms with van der Waals surface area (Å²) in [6, 6.07) is 14.1. The molecule has 0 saturated carbocycles. The molecule has 1 atom stereocenters. The maximum atomic E-state index is 12.8. The summed E-state index contributed by atoms with van der Waals surface area (Å²) >= 11 is 5.51. The largest absolute Gasteiger partial charge is 0.326 e. The Balaban J connectivity index is 1.71. The molecule has 2 aromatic carbocycles. The fraction of sp³-hybridized carbons (Fsp3) is 0.278. The smallest absolute Gasteiger partial charge is 0.243 e. The van der Waals surface area contributed by atoms with Gasteiger partial charge in [-0.2, -0.15) is 4.31 Å². The molecular weight excluding hydrogens is 531 g/mol. The summed E-state index contributed by atoms with van der Waals surface area (Å²) in [7, 11) is -3.59. The van der Waals surface area contributed by atoms with Gasteiger partial charge in [0.15, 0.2) is 0 Å². The first-order valence-electron chi connectivity index (χ1n) is 8.18. The molecular formula is C18H18BrIN2O3S. The van der Waals surface area contributed by atoms with Crippen LogP contribution >= 0.6 is 38.5 Å². The SMILES string of the molecule is O=C(Nc1ccc(I)cc1)[C@@H]1CCCN(S(=O)(=O)c2ccc(Br)cc2)C1. The lowest BCUT2D eigenvalue weighted by atomic mass is 9.99. The van der Waals surface area contributed by atoms with Gasteiger partial charge in [0.2, 0.25) is 15.9 Å². The van der Waals surface area contributed by atoms with Crippen LogP contribution in [0, 0.1) is 9.49 Å². The van der Waals surface area contributed by atoms with Gasteiger partial charge in [-0.05, 0) is 84.0 Å². The second-order valence-electron chi connectivity index (χ2n) is 6.15. The number of piperidine rings is 1. The van der Waals surface area contributed by atoms with E-state index in [2.05, 4.69) is 43.8 Å². The molecule has 0 aromatic heterocycles. The van der Waals surface area contributed by atoms with Gasteiger partial charge >= 0.3 is 0 Å². The van der Waals surface area contributed by atoms with Gasteiger partial charge in [0.1, 0.15) is 0 Å². The van der Waals surface area contributed by atoms with Crippen LogP contribution in [0.2, 0.25) is 0 Å². The zero-order valence-corrected chi connectivity index (χ0v) is 18.4. The molecule has 1 amide bonds. The van der Waals surface area contributed by atoms with Gasteiger partial charge < -0.3 is 5.32 Å². The number of halogens is 2. The van der Waals surface area contributed by atoms with E-state index in [1.54, 1.807) is 24.3 Å². The topological polar surface area (TPSA) is 66.5 Å². The number of nitrogens with one attached hydrogen (secondary N) is 1. The number of sulfonamides is 1. The number of carbonyl (C=O) groups is 1. The minimum absolute atomic E-state index is 0.137. The van der Waals surface area contributed by atoms with E-state index >= 15 is 0 Å². The molecule has 0 aliphatic carbocycles. The quantitative estimate of drug-likeness (QED) is 0.585. The predicted molar refractivity (Wildman–Crippen MR) is 113 cm³/mol. The maximum absolute atomic E-state index is 12.8. The average Bonchev–Trinajstić information content (AvgIpc) is 2.64. The molecule has 2 aromatic rings. The Morgan fingerprint density at radius 3 is 2.42 bits per heavy atom. The highest BCUT2D eigenvalue weighted by Crippen LogP contribution is 2.25. The fourth-order valence-electron chi connectivity index (χ4n) is 2.91. The Labute approximate surface area is 175 Å². The Morgan fingerprint density at radius 2 is 1.77 bits per heavy atom. The van der Waals surface area contributed by atoms with Crippen LogP contribution in [0.15, 0.2) is 57.9 Å². The molecule has 1 saturated heterocycles. The van der Waals surface area contributed by atoms with Crippen LogP contribution in [-0.2, 0) is 14.8 Å². The molecule has 0 radical (unpaired) electrons. The van der Waals surface area contributed by atoms with Crippen molar-refractivity contribution in [3.8, 4) is 0 Å². The highest BCUT2D eigenvalue weighted by molar-refractivity contribution is 14.1. The predicted octanol–water partition coefficient (Wildman–Crippen LogP) is 4.09. The van der Waals surface area contributed by atoms with Crippen LogP contribution in [0.3, 0.4) is 0 Å². The van der Waals surface area contributed by atoms with Crippen LogP contribution in [-0.4, -0.2) is 31.7 Å². The number of hydrogen-bond donors (Lipinski definition) is 1. The van der Waals surface area contributed by atoms with Gasteiger partial charge in [0, 0.05) is 26.8 Å². The zero-order chi connectivity index (χ0) is 18.7. The Bertz CT molecular complexity index is 886. The molecule has 1 aliphatic heterocycles. The lowest BCUT2D eigenvalue weighted by molar-refractivity contribution is -0.120. The van der Waals surface area contributed by atoms with E-state index in [0.29, 0.717) is 19.4 Å². The van der Waals surface area contributed by atoms with Crippen molar-refractivity contribution >= 4 is 60.1 Å². The number of nitrogens with zero attached hydrogens (tertiary/aromatic N) is 1. The summed E-state index contributed by atoms with van der Waals surface area (Å²) in [5.41, 5.74) is 0.725. The third-order valence-electron chi connectivity index (χ3n) is 4.32. The van der Waals surface area contributed by atoms with Crippen LogP contribution in [0.5, 0.6) is 0 Å². The van der Waals surface area contributed by atoms with Gasteiger partial charge in [-0.15, -0.1) is 0 Å². The number of rotatable bonds is 4. The minimum atomic E-state index is -3.59. The normalized spacial score (nSPS) is 18.5. The van der Waals surface area contributed by atoms with Crippen molar-refractivity contribution in [3.05, 3.63) is 56.6 Å². The number of amides is 1. The van der Waals surface area contributed by atoms with Gasteiger partial charge in [0.25, 0.3) is 0 Å². The standard InChI is InChI=1S/C18H18BrIN2O3S/c19-14-3-9-17(10-4-14)26(24,25)22-11-1-2-13(12-22)18(23)21-16-7-5-15(20)6-8-16/h3-10,13H,1-2,11-12H2,(H,21,23)/t13-/m1/s1. The first kappa shape index (κ1) is 19.8. The summed E-state index contributed by atoms with van der Waals surface area (Å²) < 4.78 is 29.0. The van der Waals surface area contributed by atoms with Crippen molar-refractivity contribution in [2.24, 2.45) is 5.92 Å². The van der Waals surface area contributed by atoms with Gasteiger partial charge in [-0.3, -0.25) is 4.79 Å². The van der Waals surface area contributed by atoms with Crippen molar-refractivity contribution in [3.63, 3.8) is 0 Å². The molecule has 1 aliphatic rings. The summed E-state index contributed by atoms with van der Waals surface area (Å²) in [5, 5.41) is 2.89. The van der Waals surface area contributed by atoms with Crippen LogP contribution in [0.1, 0.15) is 12.8 Å². The number of carbonyl (C=O) groups excluding carboxylic acids is 1. The van der Waals surface area contributed by atoms with E-state index in [1.807, 2.05) is 24.3 Å². The van der Waals surface area contributed by atoms with Gasteiger partial charge in [-0.25, -0.2) is 8.42 Å². The number of hydrogen-bond acceptors (Lipinski definition) is 3. The van der Waals surface area contributed by atoms with E-state index < -0.39 is 10.0 Å². The van der Waals surface area contributed by atoms with E-state index in [0.717, 1.165) is 13.7 Å². The molecule has 1 heterocycles. The van der Waals surface area contributed by atoms with Crippen LogP contribution in [0.4, 0.5) is 5.69 Å². The molecule has 0 unspecified atom stereocenters. The molecule has 1 fully saturated rings. The Morgan fingerprint density at radius 1 is 1.12 bits per heavy atom. The first-order chi connectivity index (χ1) is 12.4. The van der Waals surface area contributed by atoms with E-state index in [4.69, 9.17) is 0 Å². The van der Waals surface area contributed by atoms with Crippen molar-refractivity contribution in [2.45, 2.75) is 17.7 Å². The molecule has 5 nitrogen and oxygen atoms in total. The second kappa shape index (κ2) is 8.37. The van der Waals surface area contributed by atoms with E-state index in [1.165, 1.54) is 4.31 Å². The molecule has 0 bridgehead atoms. The third-order valence-corrected chi connectivity index (χ3v) is 7.45. The molecule has 1 N–H and O–H groups in total. The summed E-state index contributed by atoms with van der Waals surface area (Å²) in [5.74, 6) is -0.491. The molecule has 0 spiro atoms. The lowest BCUT2D eigenvalue weighted by Crippen LogP contribution is -2.43. The van der Waals surface area contributed by atoms with Gasteiger partial charge in [-0.1, -0.05) is 15.9 Å². The monoisotopic (exact) mass is 548 g/mol. The summed E-state index contributed by atoms with van der Waals surface area (Å²) in [4.78, 5) is 12.8. The van der Waals surface area contributed by atoms with Gasteiger partial charge in [0.05, 0.1) is 10.8 Å². The van der Waals surface area contributed by atoms with E-state index in [9.17, 15) is 13.2 Å². The molecule has 138 valence electrons. The van der Waals surface area contributed by atoms with Crippen molar-refractivity contribution in [1.29, 1.82) is 0 Å². The average molecular weight is 549 g/mol. The highest BCUT2D eigenvalue weighted by Gasteiger charge is 2.33. The molecule has 26 heavy (non-hydrogen) atoms. The van der Waals surface area contributed by atoms with Crippen molar-refractivity contribution in [2.75, 3.05) is 18.4 Å². The zero-order valence-electron chi connectivity index (χ0n) is 13.9. The van der Waals surface area contributed by atoms with Crippen LogP contribution < -0.4 is 5.32 Å². The minimum Gasteiger partial charge on any atom is -0.326 e. The van der Waals surface area contributed by atoms with Crippen molar-refractivity contribution in [1.82, 2.24) is 4.31 Å².